The molecule has 10 nitrogen and oxygen atoms in total. The lowest BCUT2D eigenvalue weighted by Crippen LogP contribution is -2.46. The Hall–Kier alpha value is -3.53. The van der Waals surface area contributed by atoms with Crippen molar-refractivity contribution in [2.24, 2.45) is 5.41 Å². The zero-order chi connectivity index (χ0) is 26.4. The zero-order valence-electron chi connectivity index (χ0n) is 21.9. The topological polar surface area (TPSA) is 122 Å². The number of hydrogen-bond acceptors (Lipinski definition) is 6. The molecule has 2 N–H and O–H groups in total. The number of nitrogens with one attached hydrogen (secondary N) is 2. The van der Waals surface area contributed by atoms with Gasteiger partial charge in [0.1, 0.15) is 5.69 Å². The summed E-state index contributed by atoms with van der Waals surface area (Å²) in [5.74, 6) is -0.237. The van der Waals surface area contributed by atoms with Crippen molar-refractivity contribution in [3.8, 4) is 0 Å². The molecule has 10 heteroatoms. The zero-order valence-corrected chi connectivity index (χ0v) is 21.9. The molecule has 196 valence electrons. The van der Waals surface area contributed by atoms with E-state index in [9.17, 15) is 14.4 Å². The van der Waals surface area contributed by atoms with Crippen LogP contribution < -0.4 is 5.32 Å². The number of ether oxygens (including phenoxy) is 1. The first kappa shape index (κ1) is 25.1. The molecule has 5 rings (SSSR count). The van der Waals surface area contributed by atoms with Gasteiger partial charge in [-0.1, -0.05) is 0 Å². The Balaban J connectivity index is 1.26. The number of rotatable bonds is 5. The fourth-order valence-electron chi connectivity index (χ4n) is 5.40. The van der Waals surface area contributed by atoms with Gasteiger partial charge in [0, 0.05) is 55.9 Å². The van der Waals surface area contributed by atoms with Crippen LogP contribution in [0.3, 0.4) is 0 Å². The summed E-state index contributed by atoms with van der Waals surface area (Å²) >= 11 is 0. The minimum atomic E-state index is -0.290. The van der Waals surface area contributed by atoms with Gasteiger partial charge >= 0.3 is 0 Å². The summed E-state index contributed by atoms with van der Waals surface area (Å²) in [5.41, 5.74) is 2.82. The molecule has 1 saturated heterocycles. The first-order valence-electron chi connectivity index (χ1n) is 12.8. The molecule has 2 aromatic heterocycles. The van der Waals surface area contributed by atoms with Crippen molar-refractivity contribution in [3.05, 3.63) is 46.9 Å². The van der Waals surface area contributed by atoms with E-state index in [0.29, 0.717) is 60.5 Å². The first-order chi connectivity index (χ1) is 17.6. The number of nitrogens with zero attached hydrogens (tertiary/aromatic N) is 4. The number of benzene rings is 1. The number of H-pyrrole nitrogens is 1. The number of likely N-dealkylation sites (tertiary alicyclic amines) is 1. The van der Waals surface area contributed by atoms with Crippen LogP contribution in [0, 0.1) is 5.41 Å². The van der Waals surface area contributed by atoms with Gasteiger partial charge in [0.15, 0.2) is 11.5 Å². The largest absolute Gasteiger partial charge is 0.383 e. The van der Waals surface area contributed by atoms with Crippen molar-refractivity contribution >= 4 is 28.5 Å². The van der Waals surface area contributed by atoms with Crippen molar-refractivity contribution in [3.63, 3.8) is 0 Å². The Kier molecular flexibility index (Phi) is 6.39. The average molecular weight is 507 g/mol. The van der Waals surface area contributed by atoms with Crippen molar-refractivity contribution in [1.29, 1.82) is 0 Å². The van der Waals surface area contributed by atoms with Gasteiger partial charge in [0.05, 0.1) is 17.7 Å². The second-order valence-electron chi connectivity index (χ2n) is 11.3. The van der Waals surface area contributed by atoms with Crippen LogP contribution in [0.5, 0.6) is 0 Å². The molecular formula is C27H34N6O4. The minimum absolute atomic E-state index is 0.0548. The molecule has 2 aliphatic rings. The number of hydrogen-bond donors (Lipinski definition) is 2. The van der Waals surface area contributed by atoms with Crippen molar-refractivity contribution in [1.82, 2.24) is 30.2 Å². The molecule has 1 spiro atoms. The average Bonchev–Trinajstić information content (AvgIpc) is 3.48. The fraction of sp³-hybridized carbons (Fsp3) is 0.519. The van der Waals surface area contributed by atoms with Gasteiger partial charge in [-0.05, 0) is 63.6 Å². The number of carbonyl (C=O) groups excluding carboxylic acids is 3. The number of Topliss-reactive ketones (excluding diaryl/α,β-unsaturated/α-hetero) is 1. The van der Waals surface area contributed by atoms with Gasteiger partial charge in [0.25, 0.3) is 11.8 Å². The van der Waals surface area contributed by atoms with Crippen LogP contribution in [-0.4, -0.2) is 75.8 Å². The molecule has 2 amide bonds. The highest BCUT2D eigenvalue weighted by molar-refractivity contribution is 6.06. The van der Waals surface area contributed by atoms with Crippen LogP contribution in [-0.2, 0) is 16.7 Å². The Labute approximate surface area is 215 Å². The summed E-state index contributed by atoms with van der Waals surface area (Å²) in [4.78, 5) is 40.6. The molecule has 3 heterocycles. The fourth-order valence-corrected chi connectivity index (χ4v) is 5.40. The van der Waals surface area contributed by atoms with E-state index in [1.807, 2.05) is 15.8 Å². The molecule has 0 atom stereocenters. The molecule has 1 aromatic carbocycles. The van der Waals surface area contributed by atoms with Crippen molar-refractivity contribution < 1.29 is 19.1 Å². The van der Waals surface area contributed by atoms with Gasteiger partial charge in [-0.3, -0.25) is 24.2 Å². The van der Waals surface area contributed by atoms with Crippen molar-refractivity contribution in [2.45, 2.75) is 52.0 Å². The van der Waals surface area contributed by atoms with Crippen molar-refractivity contribution in [2.75, 3.05) is 33.4 Å². The predicted octanol–water partition coefficient (Wildman–Crippen LogP) is 2.94. The second-order valence-corrected chi connectivity index (χ2v) is 11.3. The van der Waals surface area contributed by atoms with E-state index in [-0.39, 0.29) is 28.6 Å². The molecule has 37 heavy (non-hydrogen) atoms. The third-order valence-electron chi connectivity index (χ3n) is 7.57. The molecule has 1 fully saturated rings. The van der Waals surface area contributed by atoms with Crippen LogP contribution in [0.25, 0.3) is 10.9 Å². The highest BCUT2D eigenvalue weighted by Gasteiger charge is 2.43. The maximum atomic E-state index is 13.3. The minimum Gasteiger partial charge on any atom is -0.383 e. The Morgan fingerprint density at radius 3 is 2.65 bits per heavy atom. The molecule has 0 bridgehead atoms. The number of aromatic amines is 1. The quantitative estimate of drug-likeness (QED) is 0.513. The van der Waals surface area contributed by atoms with E-state index in [1.165, 1.54) is 0 Å². The number of fused-ring (bicyclic) bond motifs is 2. The van der Waals surface area contributed by atoms with Gasteiger partial charge in [0.2, 0.25) is 0 Å². The lowest BCUT2D eigenvalue weighted by atomic mass is 9.67. The monoisotopic (exact) mass is 506 g/mol. The van der Waals surface area contributed by atoms with Gasteiger partial charge in [-0.2, -0.15) is 10.2 Å². The Morgan fingerprint density at radius 1 is 1.19 bits per heavy atom. The van der Waals surface area contributed by atoms with Crippen LogP contribution in [0.2, 0.25) is 0 Å². The van der Waals surface area contributed by atoms with Crippen LogP contribution in [0.4, 0.5) is 0 Å². The smallest absolute Gasteiger partial charge is 0.272 e. The van der Waals surface area contributed by atoms with Crippen LogP contribution in [0.1, 0.15) is 76.9 Å². The third kappa shape index (κ3) is 4.77. The van der Waals surface area contributed by atoms with Gasteiger partial charge < -0.3 is 15.0 Å². The molecule has 0 unspecified atom stereocenters. The van der Waals surface area contributed by atoms with E-state index in [4.69, 9.17) is 4.74 Å². The number of amides is 2. The Bertz CT molecular complexity index is 1360. The summed E-state index contributed by atoms with van der Waals surface area (Å²) in [6.07, 6.45) is 4.89. The lowest BCUT2D eigenvalue weighted by molar-refractivity contribution is 0.0519. The maximum Gasteiger partial charge on any atom is 0.272 e. The second kappa shape index (κ2) is 9.41. The highest BCUT2D eigenvalue weighted by atomic mass is 16.5. The van der Waals surface area contributed by atoms with E-state index in [0.717, 1.165) is 24.8 Å². The number of aromatic nitrogens is 4. The summed E-state index contributed by atoms with van der Waals surface area (Å²) in [7, 11) is 1.57. The highest BCUT2D eigenvalue weighted by Crippen LogP contribution is 2.43. The summed E-state index contributed by atoms with van der Waals surface area (Å²) in [6.45, 7) is 8.24. The molecule has 3 aromatic rings. The predicted molar refractivity (Wildman–Crippen MR) is 138 cm³/mol. The van der Waals surface area contributed by atoms with Gasteiger partial charge in [-0.25, -0.2) is 0 Å². The van der Waals surface area contributed by atoms with E-state index in [1.54, 1.807) is 25.3 Å². The normalized spacial score (nSPS) is 17.3. The molecule has 0 saturated carbocycles. The SMILES string of the molecule is COCCNC(=O)c1n[nH]c2cc(C(=O)N3CCC4(CC3)CC(=O)c3nn(C(C)(C)C)cc3C4)ccc12. The van der Waals surface area contributed by atoms with E-state index >= 15 is 0 Å². The number of methoxy groups -OCH3 is 1. The summed E-state index contributed by atoms with van der Waals surface area (Å²) < 4.78 is 6.86. The summed E-state index contributed by atoms with van der Waals surface area (Å²) in [6, 6.07) is 5.25. The van der Waals surface area contributed by atoms with E-state index < -0.39 is 0 Å². The standard InChI is InChI=1S/C27H34N6O4/c1-26(2,3)33-16-18-14-27(15-21(34)22(18)31-33)7-10-32(11-8-27)25(36)17-5-6-19-20(13-17)29-30-23(19)24(35)28-9-12-37-4/h5-6,13,16H,7-12,14-15H2,1-4H3,(H,28,35)(H,29,30). The number of piperidine rings is 1. The van der Waals surface area contributed by atoms with Crippen LogP contribution >= 0.6 is 0 Å². The molecule has 0 radical (unpaired) electrons. The third-order valence-corrected chi connectivity index (χ3v) is 7.57. The summed E-state index contributed by atoms with van der Waals surface area (Å²) in [5, 5.41) is 15.0. The lowest BCUT2D eigenvalue weighted by Gasteiger charge is -2.43. The number of carbonyl (C=O) groups is 3. The van der Waals surface area contributed by atoms with E-state index in [2.05, 4.69) is 41.4 Å². The maximum absolute atomic E-state index is 13.3. The first-order valence-corrected chi connectivity index (χ1v) is 12.8. The Morgan fingerprint density at radius 2 is 1.95 bits per heavy atom. The van der Waals surface area contributed by atoms with Gasteiger partial charge in [-0.15, -0.1) is 0 Å². The van der Waals surface area contributed by atoms with Crippen LogP contribution in [0.15, 0.2) is 24.4 Å². The molecule has 1 aliphatic heterocycles. The molecule has 1 aliphatic carbocycles. The number of ketones is 1. The molecular weight excluding hydrogens is 472 g/mol.